The van der Waals surface area contributed by atoms with Crippen molar-refractivity contribution < 1.29 is 0 Å². The molecule has 0 saturated carbocycles. The van der Waals surface area contributed by atoms with Crippen molar-refractivity contribution in [2.45, 2.75) is 26.2 Å². The SMILES string of the molecule is C=Cc1c(C=C)c(-c2ccc3ccccc3c2)c2cc(C(C)(C)C)ccc2c1-c1ccc2ccccc2c1. The Bertz CT molecular complexity index is 1880. The lowest BCUT2D eigenvalue weighted by Crippen LogP contribution is -2.11. The van der Waals surface area contributed by atoms with E-state index < -0.39 is 0 Å². The molecule has 0 aliphatic rings. The molecule has 6 aromatic rings. The molecule has 0 spiro atoms. The monoisotopic (exact) mass is 488 g/mol. The average Bonchev–Trinajstić information content (AvgIpc) is 2.94. The van der Waals surface area contributed by atoms with Gasteiger partial charge in [0.05, 0.1) is 0 Å². The molecule has 0 saturated heterocycles. The zero-order valence-electron chi connectivity index (χ0n) is 22.4. The fraction of sp³-hybridized carbons (Fsp3) is 0.105. The third-order valence-corrected chi connectivity index (χ3v) is 7.74. The Morgan fingerprint density at radius 2 is 0.974 bits per heavy atom. The van der Waals surface area contributed by atoms with Crippen LogP contribution >= 0.6 is 0 Å². The summed E-state index contributed by atoms with van der Waals surface area (Å²) in [5, 5.41) is 7.44. The van der Waals surface area contributed by atoms with Crippen LogP contribution in [0.5, 0.6) is 0 Å². The molecule has 0 heteroatoms. The van der Waals surface area contributed by atoms with Gasteiger partial charge in [-0.05, 0) is 94.9 Å². The van der Waals surface area contributed by atoms with Gasteiger partial charge in [0.25, 0.3) is 0 Å². The summed E-state index contributed by atoms with van der Waals surface area (Å²) in [6.45, 7) is 15.4. The normalized spacial score (nSPS) is 11.8. The van der Waals surface area contributed by atoms with E-state index in [4.69, 9.17) is 0 Å². The standard InChI is InChI=1S/C38H32/c1-6-32-33(7-2)37(30-19-17-26-13-9-11-15-28(26)23-30)35-24-31(38(3,4)5)20-21-34(35)36(32)29-18-16-25-12-8-10-14-27(25)22-29/h6-24H,1-2H2,3-5H3. The number of rotatable bonds is 4. The largest absolute Gasteiger partial charge is 0.0984 e. The summed E-state index contributed by atoms with van der Waals surface area (Å²) >= 11 is 0. The van der Waals surface area contributed by atoms with Crippen molar-refractivity contribution in [2.75, 3.05) is 0 Å². The van der Waals surface area contributed by atoms with E-state index in [1.807, 2.05) is 12.2 Å². The van der Waals surface area contributed by atoms with Crippen LogP contribution in [0.2, 0.25) is 0 Å². The number of benzene rings is 6. The maximum atomic E-state index is 4.30. The maximum absolute atomic E-state index is 4.30. The van der Waals surface area contributed by atoms with E-state index in [-0.39, 0.29) is 5.41 Å². The van der Waals surface area contributed by atoms with Crippen molar-refractivity contribution in [3.05, 3.63) is 133 Å². The Hall–Kier alpha value is -4.42. The molecule has 0 N–H and O–H groups in total. The molecule has 0 nitrogen and oxygen atoms in total. The first-order chi connectivity index (χ1) is 18.4. The van der Waals surface area contributed by atoms with Crippen molar-refractivity contribution in [3.63, 3.8) is 0 Å². The highest BCUT2D eigenvalue weighted by Crippen LogP contribution is 2.45. The first kappa shape index (κ1) is 23.9. The van der Waals surface area contributed by atoms with Crippen LogP contribution in [0.3, 0.4) is 0 Å². The third-order valence-electron chi connectivity index (χ3n) is 7.74. The second-order valence-corrected chi connectivity index (χ2v) is 11.1. The predicted molar refractivity (Wildman–Crippen MR) is 169 cm³/mol. The molecular formula is C38H32. The molecule has 0 atom stereocenters. The van der Waals surface area contributed by atoms with Gasteiger partial charge in [0.2, 0.25) is 0 Å². The lowest BCUT2D eigenvalue weighted by molar-refractivity contribution is 0.591. The lowest BCUT2D eigenvalue weighted by atomic mass is 9.79. The van der Waals surface area contributed by atoms with Gasteiger partial charge in [-0.15, -0.1) is 0 Å². The van der Waals surface area contributed by atoms with Crippen LogP contribution in [-0.2, 0) is 5.41 Å². The first-order valence-corrected chi connectivity index (χ1v) is 13.3. The lowest BCUT2D eigenvalue weighted by Gasteiger charge is -2.24. The van der Waals surface area contributed by atoms with Crippen LogP contribution < -0.4 is 0 Å². The van der Waals surface area contributed by atoms with Gasteiger partial charge < -0.3 is 0 Å². The number of fused-ring (bicyclic) bond motifs is 3. The van der Waals surface area contributed by atoms with Gasteiger partial charge in [-0.3, -0.25) is 0 Å². The van der Waals surface area contributed by atoms with Crippen molar-refractivity contribution in [1.82, 2.24) is 0 Å². The minimum atomic E-state index is 0.0312. The molecule has 0 fully saturated rings. The van der Waals surface area contributed by atoms with Crippen LogP contribution in [-0.4, -0.2) is 0 Å². The van der Waals surface area contributed by atoms with Crippen LogP contribution in [0, 0.1) is 0 Å². The topological polar surface area (TPSA) is 0 Å². The molecule has 184 valence electrons. The van der Waals surface area contributed by atoms with E-state index in [2.05, 4.69) is 137 Å². The van der Waals surface area contributed by atoms with Gasteiger partial charge in [0, 0.05) is 0 Å². The Labute approximate surface area is 225 Å². The second kappa shape index (κ2) is 9.15. The quantitative estimate of drug-likeness (QED) is 0.231. The average molecular weight is 489 g/mol. The smallest absolute Gasteiger partial charge is 0.00263 e. The van der Waals surface area contributed by atoms with E-state index >= 15 is 0 Å². The minimum absolute atomic E-state index is 0.0312. The highest BCUT2D eigenvalue weighted by atomic mass is 14.3. The fourth-order valence-electron chi connectivity index (χ4n) is 5.73. The van der Waals surface area contributed by atoms with Crippen LogP contribution in [0.1, 0.15) is 37.5 Å². The van der Waals surface area contributed by atoms with E-state index in [1.54, 1.807) is 0 Å². The molecule has 0 amide bonds. The van der Waals surface area contributed by atoms with E-state index in [1.165, 1.54) is 60.1 Å². The maximum Gasteiger partial charge on any atom is -0.00263 e. The molecule has 0 heterocycles. The second-order valence-electron chi connectivity index (χ2n) is 11.1. The first-order valence-electron chi connectivity index (χ1n) is 13.3. The molecule has 6 rings (SSSR count). The summed E-state index contributed by atoms with van der Waals surface area (Å²) in [5.74, 6) is 0. The molecule has 0 aliphatic heterocycles. The summed E-state index contributed by atoms with van der Waals surface area (Å²) in [4.78, 5) is 0. The molecule has 0 aromatic heterocycles. The van der Waals surface area contributed by atoms with Gasteiger partial charge in [-0.1, -0.05) is 131 Å². The molecule has 0 aliphatic carbocycles. The fourth-order valence-corrected chi connectivity index (χ4v) is 5.73. The highest BCUT2D eigenvalue weighted by molar-refractivity contribution is 6.13. The molecule has 0 unspecified atom stereocenters. The van der Waals surface area contributed by atoms with Crippen LogP contribution in [0.4, 0.5) is 0 Å². The Morgan fingerprint density at radius 1 is 0.500 bits per heavy atom. The predicted octanol–water partition coefficient (Wildman–Crippen LogP) is 11.1. The van der Waals surface area contributed by atoms with E-state index in [9.17, 15) is 0 Å². The highest BCUT2D eigenvalue weighted by Gasteiger charge is 2.22. The molecule has 0 bridgehead atoms. The zero-order valence-corrected chi connectivity index (χ0v) is 22.4. The Morgan fingerprint density at radius 3 is 1.45 bits per heavy atom. The van der Waals surface area contributed by atoms with Gasteiger partial charge >= 0.3 is 0 Å². The Balaban J connectivity index is 1.77. The van der Waals surface area contributed by atoms with Crippen molar-refractivity contribution in [2.24, 2.45) is 0 Å². The van der Waals surface area contributed by atoms with Crippen LogP contribution in [0.25, 0.3) is 66.7 Å². The van der Waals surface area contributed by atoms with Gasteiger partial charge in [0.1, 0.15) is 0 Å². The molecule has 38 heavy (non-hydrogen) atoms. The molecule has 0 radical (unpaired) electrons. The number of hydrogen-bond acceptors (Lipinski definition) is 0. The van der Waals surface area contributed by atoms with Crippen LogP contribution in [0.15, 0.2) is 116 Å². The number of hydrogen-bond donors (Lipinski definition) is 0. The summed E-state index contributed by atoms with van der Waals surface area (Å²) in [5.41, 5.74) is 8.41. The summed E-state index contributed by atoms with van der Waals surface area (Å²) < 4.78 is 0. The third kappa shape index (κ3) is 3.94. The van der Waals surface area contributed by atoms with E-state index in [0.29, 0.717) is 0 Å². The summed E-state index contributed by atoms with van der Waals surface area (Å²) in [7, 11) is 0. The minimum Gasteiger partial charge on any atom is -0.0984 e. The van der Waals surface area contributed by atoms with Crippen molar-refractivity contribution in [1.29, 1.82) is 0 Å². The van der Waals surface area contributed by atoms with Gasteiger partial charge in [-0.25, -0.2) is 0 Å². The summed E-state index contributed by atoms with van der Waals surface area (Å²) in [6, 6.07) is 37.6. The molecular weight excluding hydrogens is 456 g/mol. The Kier molecular flexibility index (Phi) is 5.77. The summed E-state index contributed by atoms with van der Waals surface area (Å²) in [6.07, 6.45) is 4.01. The van der Waals surface area contributed by atoms with Crippen molar-refractivity contribution in [3.8, 4) is 22.3 Å². The van der Waals surface area contributed by atoms with Gasteiger partial charge in [0.15, 0.2) is 0 Å². The molecule has 6 aromatic carbocycles. The zero-order chi connectivity index (χ0) is 26.4. The van der Waals surface area contributed by atoms with E-state index in [0.717, 1.165) is 11.1 Å². The van der Waals surface area contributed by atoms with Gasteiger partial charge in [-0.2, -0.15) is 0 Å². The van der Waals surface area contributed by atoms with Crippen molar-refractivity contribution >= 4 is 44.5 Å².